The zero-order chi connectivity index (χ0) is 14.1. The maximum absolute atomic E-state index is 13.5. The van der Waals surface area contributed by atoms with Gasteiger partial charge in [-0.3, -0.25) is 0 Å². The predicted molar refractivity (Wildman–Crippen MR) is 62.9 cm³/mol. The summed E-state index contributed by atoms with van der Waals surface area (Å²) in [4.78, 5) is 0. The smallest absolute Gasteiger partial charge is 0.322 e. The molecule has 1 rings (SSSR count). The SMILES string of the molecule is [B]C([B])(NC(C)C)c1cc(C(F)(F)F)ccc1F. The van der Waals surface area contributed by atoms with E-state index in [9.17, 15) is 17.6 Å². The van der Waals surface area contributed by atoms with Crippen molar-refractivity contribution in [1.29, 1.82) is 0 Å². The van der Waals surface area contributed by atoms with Crippen LogP contribution < -0.4 is 5.32 Å². The maximum Gasteiger partial charge on any atom is 0.416 e. The monoisotopic (exact) mass is 255 g/mol. The minimum absolute atomic E-state index is 0.214. The molecule has 0 saturated heterocycles. The minimum Gasteiger partial charge on any atom is -0.322 e. The van der Waals surface area contributed by atoms with Crippen LogP contribution in [0.4, 0.5) is 17.6 Å². The lowest BCUT2D eigenvalue weighted by Crippen LogP contribution is -2.47. The third-order valence-corrected chi connectivity index (χ3v) is 2.27. The molecule has 1 N–H and O–H groups in total. The van der Waals surface area contributed by atoms with Crippen LogP contribution in [-0.2, 0) is 11.5 Å². The summed E-state index contributed by atoms with van der Waals surface area (Å²) < 4.78 is 51.1. The molecule has 4 radical (unpaired) electrons. The van der Waals surface area contributed by atoms with Gasteiger partial charge >= 0.3 is 6.18 Å². The number of benzene rings is 1. The highest BCUT2D eigenvalue weighted by Crippen LogP contribution is 2.32. The van der Waals surface area contributed by atoms with Gasteiger partial charge in [0, 0.05) is 6.04 Å². The Morgan fingerprint density at radius 2 is 1.72 bits per heavy atom. The van der Waals surface area contributed by atoms with E-state index in [4.69, 9.17) is 15.7 Å². The van der Waals surface area contributed by atoms with E-state index in [-0.39, 0.29) is 6.04 Å². The van der Waals surface area contributed by atoms with Gasteiger partial charge in [0.2, 0.25) is 0 Å². The molecule has 0 saturated carbocycles. The molecule has 0 heterocycles. The molecule has 0 aliphatic rings. The highest BCUT2D eigenvalue weighted by atomic mass is 19.4. The van der Waals surface area contributed by atoms with Crippen molar-refractivity contribution < 1.29 is 17.6 Å². The van der Waals surface area contributed by atoms with Crippen LogP contribution in [0, 0.1) is 5.82 Å². The molecule has 0 aromatic heterocycles. The quantitative estimate of drug-likeness (QED) is 0.645. The minimum atomic E-state index is -4.57. The van der Waals surface area contributed by atoms with Crippen molar-refractivity contribution in [3.05, 3.63) is 35.1 Å². The number of rotatable bonds is 3. The lowest BCUT2D eigenvalue weighted by Gasteiger charge is -2.31. The molecular weight excluding hydrogens is 244 g/mol. The molecule has 18 heavy (non-hydrogen) atoms. The Kier molecular flexibility index (Phi) is 4.15. The molecule has 94 valence electrons. The Morgan fingerprint density at radius 1 is 1.17 bits per heavy atom. The Hall–Kier alpha value is -0.970. The van der Waals surface area contributed by atoms with Crippen LogP contribution in [0.25, 0.3) is 0 Å². The van der Waals surface area contributed by atoms with Crippen LogP contribution in [0.15, 0.2) is 18.2 Å². The second-order valence-corrected chi connectivity index (χ2v) is 4.36. The standard InChI is InChI=1S/C11H11B2F4N/c1-6(2)18-10(12,13)8-5-7(11(15,16)17)3-4-9(8)14/h3-6,18H,1-2H3. The van der Waals surface area contributed by atoms with Crippen molar-refractivity contribution in [2.75, 3.05) is 0 Å². The van der Waals surface area contributed by atoms with E-state index in [1.165, 1.54) is 0 Å². The van der Waals surface area contributed by atoms with E-state index in [2.05, 4.69) is 5.32 Å². The number of hydrogen-bond acceptors (Lipinski definition) is 1. The van der Waals surface area contributed by atoms with Gasteiger partial charge in [0.1, 0.15) is 5.82 Å². The lowest BCUT2D eigenvalue weighted by molar-refractivity contribution is -0.137. The first-order valence-corrected chi connectivity index (χ1v) is 5.26. The van der Waals surface area contributed by atoms with E-state index >= 15 is 0 Å². The average Bonchev–Trinajstić information content (AvgIpc) is 2.13. The fraction of sp³-hybridized carbons (Fsp3) is 0.455. The predicted octanol–water partition coefficient (Wildman–Crippen LogP) is 2.29. The summed E-state index contributed by atoms with van der Waals surface area (Å²) in [7, 11) is 11.2. The van der Waals surface area contributed by atoms with Crippen LogP contribution in [-0.4, -0.2) is 21.7 Å². The summed E-state index contributed by atoms with van der Waals surface area (Å²) in [5.74, 6) is -0.888. The number of nitrogens with one attached hydrogen (secondary N) is 1. The molecule has 0 unspecified atom stereocenters. The highest BCUT2D eigenvalue weighted by molar-refractivity contribution is 6.39. The van der Waals surface area contributed by atoms with E-state index < -0.39 is 28.5 Å². The molecule has 0 bridgehead atoms. The fourth-order valence-electron chi connectivity index (χ4n) is 1.57. The van der Waals surface area contributed by atoms with Crippen LogP contribution >= 0.6 is 0 Å². The van der Waals surface area contributed by atoms with Crippen LogP contribution in [0.5, 0.6) is 0 Å². The fourth-order valence-corrected chi connectivity index (χ4v) is 1.57. The topological polar surface area (TPSA) is 12.0 Å². The van der Waals surface area contributed by atoms with Gasteiger partial charge in [-0.05, 0) is 29.1 Å². The van der Waals surface area contributed by atoms with Crippen molar-refractivity contribution in [2.45, 2.75) is 31.4 Å². The second-order valence-electron chi connectivity index (χ2n) is 4.36. The van der Waals surface area contributed by atoms with Gasteiger partial charge in [-0.15, -0.1) is 0 Å². The van der Waals surface area contributed by atoms with Gasteiger partial charge in [0.15, 0.2) is 0 Å². The van der Waals surface area contributed by atoms with E-state index in [1.54, 1.807) is 13.8 Å². The first-order valence-electron chi connectivity index (χ1n) is 5.26. The van der Waals surface area contributed by atoms with E-state index in [1.807, 2.05) is 0 Å². The maximum atomic E-state index is 13.5. The van der Waals surface area contributed by atoms with Gasteiger partial charge in [-0.25, -0.2) is 4.39 Å². The number of hydrogen-bond donors (Lipinski definition) is 1. The summed E-state index contributed by atoms with van der Waals surface area (Å²) in [5, 5.41) is 0.741. The normalized spacial score (nSPS) is 13.1. The first kappa shape index (κ1) is 15.1. The summed E-state index contributed by atoms with van der Waals surface area (Å²) in [6.07, 6.45) is -4.57. The Bertz CT molecular complexity index is 430. The molecule has 0 fully saturated rings. The average molecular weight is 255 g/mol. The van der Waals surface area contributed by atoms with Crippen molar-refractivity contribution >= 4 is 15.7 Å². The van der Waals surface area contributed by atoms with Gasteiger partial charge < -0.3 is 5.32 Å². The second kappa shape index (κ2) is 4.96. The Balaban J connectivity index is 3.23. The third kappa shape index (κ3) is 3.51. The van der Waals surface area contributed by atoms with Crippen LogP contribution in [0.3, 0.4) is 0 Å². The van der Waals surface area contributed by atoms with Gasteiger partial charge in [0.05, 0.1) is 21.3 Å². The zero-order valence-corrected chi connectivity index (χ0v) is 9.98. The molecule has 0 aliphatic carbocycles. The van der Waals surface area contributed by atoms with Crippen LogP contribution in [0.1, 0.15) is 25.0 Å². The number of alkyl halides is 3. The summed E-state index contributed by atoms with van der Waals surface area (Å²) >= 11 is 0. The molecule has 0 aliphatic heterocycles. The summed E-state index contributed by atoms with van der Waals surface area (Å²) in [5.41, 5.74) is -1.42. The van der Waals surface area contributed by atoms with E-state index in [0.717, 1.165) is 0 Å². The molecular formula is C11H11B2F4N. The van der Waals surface area contributed by atoms with E-state index in [0.29, 0.717) is 18.2 Å². The van der Waals surface area contributed by atoms with Crippen molar-refractivity contribution in [3.8, 4) is 0 Å². The molecule has 1 nitrogen and oxygen atoms in total. The summed E-state index contributed by atoms with van der Waals surface area (Å²) in [6, 6.07) is 1.75. The third-order valence-electron chi connectivity index (χ3n) is 2.27. The summed E-state index contributed by atoms with van der Waals surface area (Å²) in [6.45, 7) is 3.39. The van der Waals surface area contributed by atoms with Crippen molar-refractivity contribution in [1.82, 2.24) is 5.32 Å². The molecule has 0 amide bonds. The molecule has 1 aromatic carbocycles. The Labute approximate surface area is 106 Å². The lowest BCUT2D eigenvalue weighted by atomic mass is 9.57. The van der Waals surface area contributed by atoms with Gasteiger partial charge in [0.25, 0.3) is 0 Å². The van der Waals surface area contributed by atoms with Crippen molar-refractivity contribution in [3.63, 3.8) is 0 Å². The number of halogens is 4. The van der Waals surface area contributed by atoms with Crippen LogP contribution in [0.2, 0.25) is 0 Å². The van der Waals surface area contributed by atoms with Gasteiger partial charge in [-0.1, -0.05) is 13.8 Å². The first-order chi connectivity index (χ1) is 8.04. The molecule has 7 heteroatoms. The molecule has 1 aromatic rings. The van der Waals surface area contributed by atoms with Gasteiger partial charge in [-0.2, -0.15) is 13.2 Å². The van der Waals surface area contributed by atoms with Crippen molar-refractivity contribution in [2.24, 2.45) is 0 Å². The zero-order valence-electron chi connectivity index (χ0n) is 9.98. The Morgan fingerprint density at radius 3 is 2.17 bits per heavy atom. The molecule has 0 atom stereocenters. The highest BCUT2D eigenvalue weighted by Gasteiger charge is 2.33. The largest absolute Gasteiger partial charge is 0.416 e. The molecule has 0 spiro atoms.